The summed E-state index contributed by atoms with van der Waals surface area (Å²) in [5.41, 5.74) is 1.40. The topological polar surface area (TPSA) is 90.4 Å². The molecule has 3 aromatic rings. The van der Waals surface area contributed by atoms with Crippen LogP contribution in [0.5, 0.6) is 17.2 Å². The van der Waals surface area contributed by atoms with Crippen LogP contribution in [0.4, 0.5) is 23.3 Å². The van der Waals surface area contributed by atoms with Gasteiger partial charge in [0, 0.05) is 17.4 Å². The first-order valence-electron chi connectivity index (χ1n) is 7.79. The molecule has 0 aliphatic carbocycles. The van der Waals surface area contributed by atoms with Gasteiger partial charge in [-0.3, -0.25) is 0 Å². The lowest BCUT2D eigenvalue weighted by Gasteiger charge is -2.10. The zero-order valence-corrected chi connectivity index (χ0v) is 15.5. The fourth-order valence-electron chi connectivity index (χ4n) is 2.44. The summed E-state index contributed by atoms with van der Waals surface area (Å²) < 4.78 is 15.8. The normalized spacial score (nSPS) is 12.0. The molecule has 0 spiro atoms. The molecule has 1 aromatic heterocycles. The molecular formula is C17H13Cl2N5O3. The van der Waals surface area contributed by atoms with Crippen LogP contribution in [-0.2, 0) is 0 Å². The SMILES string of the molecule is COc1ccc(Nc2nc(Cl)nc(Nc3ccc4c(c3)OCO4)n2)cc1Cl. The number of methoxy groups -OCH3 is 1. The highest BCUT2D eigenvalue weighted by atomic mass is 35.5. The van der Waals surface area contributed by atoms with Crippen LogP contribution in [-0.4, -0.2) is 28.9 Å². The van der Waals surface area contributed by atoms with Crippen molar-refractivity contribution < 1.29 is 14.2 Å². The van der Waals surface area contributed by atoms with Crippen molar-refractivity contribution in [3.05, 3.63) is 46.7 Å². The number of ether oxygens (including phenoxy) is 3. The first kappa shape index (κ1) is 17.4. The Morgan fingerprint density at radius 3 is 2.26 bits per heavy atom. The highest BCUT2D eigenvalue weighted by molar-refractivity contribution is 6.32. The van der Waals surface area contributed by atoms with Crippen molar-refractivity contribution >= 4 is 46.5 Å². The van der Waals surface area contributed by atoms with Gasteiger partial charge in [0.1, 0.15) is 5.75 Å². The van der Waals surface area contributed by atoms with Crippen molar-refractivity contribution in [2.75, 3.05) is 24.5 Å². The van der Waals surface area contributed by atoms with Gasteiger partial charge in [-0.25, -0.2) is 0 Å². The number of anilines is 4. The first-order chi connectivity index (χ1) is 13.1. The van der Waals surface area contributed by atoms with Crippen LogP contribution in [0.15, 0.2) is 36.4 Å². The van der Waals surface area contributed by atoms with Gasteiger partial charge in [0.15, 0.2) is 11.5 Å². The molecule has 0 unspecified atom stereocenters. The molecule has 27 heavy (non-hydrogen) atoms. The van der Waals surface area contributed by atoms with Crippen LogP contribution in [0, 0.1) is 0 Å². The number of nitrogens with zero attached hydrogens (tertiary/aromatic N) is 3. The Kier molecular flexibility index (Phi) is 4.74. The summed E-state index contributed by atoms with van der Waals surface area (Å²) in [6.45, 7) is 0.203. The van der Waals surface area contributed by atoms with E-state index in [0.717, 1.165) is 5.69 Å². The summed E-state index contributed by atoms with van der Waals surface area (Å²) >= 11 is 12.2. The molecule has 0 saturated carbocycles. The molecule has 138 valence electrons. The number of fused-ring (bicyclic) bond motifs is 1. The van der Waals surface area contributed by atoms with E-state index in [-0.39, 0.29) is 24.0 Å². The third-order valence-electron chi connectivity index (χ3n) is 3.64. The zero-order valence-electron chi connectivity index (χ0n) is 14.0. The van der Waals surface area contributed by atoms with Crippen molar-refractivity contribution in [3.8, 4) is 17.2 Å². The van der Waals surface area contributed by atoms with E-state index in [4.69, 9.17) is 37.4 Å². The molecule has 4 rings (SSSR count). The van der Waals surface area contributed by atoms with Gasteiger partial charge in [0.2, 0.25) is 24.0 Å². The number of halogens is 2. The van der Waals surface area contributed by atoms with Gasteiger partial charge in [0.25, 0.3) is 0 Å². The molecule has 2 N–H and O–H groups in total. The molecule has 0 bridgehead atoms. The Bertz CT molecular complexity index is 1000. The molecule has 1 aliphatic heterocycles. The van der Waals surface area contributed by atoms with Gasteiger partial charge in [-0.15, -0.1) is 0 Å². The van der Waals surface area contributed by atoms with E-state index in [1.165, 1.54) is 0 Å². The smallest absolute Gasteiger partial charge is 0.233 e. The van der Waals surface area contributed by atoms with E-state index in [2.05, 4.69) is 25.6 Å². The highest BCUT2D eigenvalue weighted by Gasteiger charge is 2.14. The van der Waals surface area contributed by atoms with Crippen LogP contribution >= 0.6 is 23.2 Å². The van der Waals surface area contributed by atoms with Gasteiger partial charge in [0.05, 0.1) is 12.1 Å². The van der Waals surface area contributed by atoms with Gasteiger partial charge >= 0.3 is 0 Å². The second-order valence-electron chi connectivity index (χ2n) is 5.42. The van der Waals surface area contributed by atoms with Crippen LogP contribution < -0.4 is 24.8 Å². The zero-order chi connectivity index (χ0) is 18.8. The molecule has 0 atom stereocenters. The number of hydrogen-bond acceptors (Lipinski definition) is 8. The quantitative estimate of drug-likeness (QED) is 0.644. The minimum atomic E-state index is 0.0374. The molecular weight excluding hydrogens is 393 g/mol. The van der Waals surface area contributed by atoms with Crippen molar-refractivity contribution in [1.29, 1.82) is 0 Å². The Morgan fingerprint density at radius 2 is 1.56 bits per heavy atom. The summed E-state index contributed by atoms with van der Waals surface area (Å²) in [6.07, 6.45) is 0. The van der Waals surface area contributed by atoms with E-state index in [9.17, 15) is 0 Å². The molecule has 0 fully saturated rings. The lowest BCUT2D eigenvalue weighted by Crippen LogP contribution is -2.04. The second kappa shape index (κ2) is 7.34. The van der Waals surface area contributed by atoms with Gasteiger partial charge in [-0.2, -0.15) is 15.0 Å². The highest BCUT2D eigenvalue weighted by Crippen LogP contribution is 2.35. The summed E-state index contributed by atoms with van der Waals surface area (Å²) in [7, 11) is 1.55. The van der Waals surface area contributed by atoms with Crippen molar-refractivity contribution in [3.63, 3.8) is 0 Å². The fraction of sp³-hybridized carbons (Fsp3) is 0.118. The van der Waals surface area contributed by atoms with Crippen LogP contribution in [0.3, 0.4) is 0 Å². The Morgan fingerprint density at radius 1 is 0.889 bits per heavy atom. The third-order valence-corrected chi connectivity index (χ3v) is 4.11. The molecule has 0 radical (unpaired) electrons. The third kappa shape index (κ3) is 3.91. The average Bonchev–Trinajstić information content (AvgIpc) is 3.09. The van der Waals surface area contributed by atoms with Gasteiger partial charge in [-0.1, -0.05) is 11.6 Å². The van der Waals surface area contributed by atoms with Gasteiger partial charge < -0.3 is 24.8 Å². The summed E-state index contributed by atoms with van der Waals surface area (Å²) in [5, 5.41) is 6.59. The lowest BCUT2D eigenvalue weighted by molar-refractivity contribution is 0.174. The van der Waals surface area contributed by atoms with Crippen molar-refractivity contribution in [2.45, 2.75) is 0 Å². The predicted molar refractivity (Wildman–Crippen MR) is 102 cm³/mol. The van der Waals surface area contributed by atoms with E-state index in [0.29, 0.717) is 28.0 Å². The minimum Gasteiger partial charge on any atom is -0.495 e. The maximum absolute atomic E-state index is 6.13. The van der Waals surface area contributed by atoms with Crippen LogP contribution in [0.2, 0.25) is 10.3 Å². The molecule has 0 amide bonds. The van der Waals surface area contributed by atoms with Gasteiger partial charge in [-0.05, 0) is 41.9 Å². The number of aromatic nitrogens is 3. The number of hydrogen-bond donors (Lipinski definition) is 2. The first-order valence-corrected chi connectivity index (χ1v) is 8.55. The van der Waals surface area contributed by atoms with Crippen LogP contribution in [0.25, 0.3) is 0 Å². The standard InChI is InChI=1S/C17H13Cl2N5O3/c1-25-12-4-2-9(6-11(12)18)20-16-22-15(19)23-17(24-16)21-10-3-5-13-14(7-10)27-8-26-13/h2-7H,8H2,1H3,(H2,20,21,22,23,24). The van der Waals surface area contributed by atoms with E-state index in [1.54, 1.807) is 37.4 Å². The molecule has 2 aromatic carbocycles. The molecule has 2 heterocycles. The molecule has 1 aliphatic rings. The van der Waals surface area contributed by atoms with E-state index in [1.807, 2.05) is 6.07 Å². The Labute approximate surface area is 164 Å². The monoisotopic (exact) mass is 405 g/mol. The Hall–Kier alpha value is -2.97. The number of benzene rings is 2. The van der Waals surface area contributed by atoms with Crippen LogP contribution in [0.1, 0.15) is 0 Å². The maximum atomic E-state index is 6.13. The summed E-state index contributed by atoms with van der Waals surface area (Å²) in [5.74, 6) is 2.44. The van der Waals surface area contributed by atoms with Crippen molar-refractivity contribution in [2.24, 2.45) is 0 Å². The average molecular weight is 406 g/mol. The lowest BCUT2D eigenvalue weighted by atomic mass is 10.3. The van der Waals surface area contributed by atoms with E-state index >= 15 is 0 Å². The largest absolute Gasteiger partial charge is 0.495 e. The summed E-state index contributed by atoms with van der Waals surface area (Å²) in [6, 6.07) is 10.6. The molecule has 0 saturated heterocycles. The minimum absolute atomic E-state index is 0.0374. The maximum Gasteiger partial charge on any atom is 0.233 e. The molecule has 10 heteroatoms. The molecule has 8 nitrogen and oxygen atoms in total. The second-order valence-corrected chi connectivity index (χ2v) is 6.16. The van der Waals surface area contributed by atoms with Crippen molar-refractivity contribution in [1.82, 2.24) is 15.0 Å². The fourth-order valence-corrected chi connectivity index (χ4v) is 2.86. The number of rotatable bonds is 5. The summed E-state index contributed by atoms with van der Waals surface area (Å²) in [4.78, 5) is 12.5. The predicted octanol–water partition coefficient (Wildman–Crippen LogP) is 4.40. The Balaban J connectivity index is 1.55. The number of nitrogens with one attached hydrogen (secondary N) is 2. The van der Waals surface area contributed by atoms with E-state index < -0.39 is 0 Å².